The Morgan fingerprint density at radius 1 is 1.64 bits per heavy atom. The first-order chi connectivity index (χ1) is 4.62. The van der Waals surface area contributed by atoms with Crippen molar-refractivity contribution >= 4 is 18.3 Å². The van der Waals surface area contributed by atoms with Crippen LogP contribution in [-0.4, -0.2) is 18.0 Å². The molecule has 1 fully saturated rings. The number of hydrogen-bond acceptors (Lipinski definition) is 2. The van der Waals surface area contributed by atoms with Gasteiger partial charge >= 0.3 is 0 Å². The molecule has 1 aliphatic carbocycles. The van der Waals surface area contributed by atoms with Gasteiger partial charge < -0.3 is 11.1 Å². The van der Waals surface area contributed by atoms with Crippen LogP contribution in [0.1, 0.15) is 26.2 Å². The van der Waals surface area contributed by atoms with Gasteiger partial charge in [-0.25, -0.2) is 0 Å². The van der Waals surface area contributed by atoms with Gasteiger partial charge in [-0.3, -0.25) is 4.79 Å². The highest BCUT2D eigenvalue weighted by Crippen LogP contribution is 2.34. The Bertz CT molecular complexity index is 145. The molecule has 0 aromatic heterocycles. The quantitative estimate of drug-likeness (QED) is 0.659. The summed E-state index contributed by atoms with van der Waals surface area (Å²) in [6.45, 7) is 2.25. The van der Waals surface area contributed by atoms with Gasteiger partial charge in [0.15, 0.2) is 0 Å². The molecule has 0 aromatic rings. The van der Waals surface area contributed by atoms with Gasteiger partial charge in [0.2, 0.25) is 5.91 Å². The number of hydrogen-bond donors (Lipinski definition) is 2. The van der Waals surface area contributed by atoms with E-state index in [1.807, 2.05) is 0 Å². The number of carbonyl (C=O) groups is 1. The minimum absolute atomic E-state index is 0. The maximum Gasteiger partial charge on any atom is 0.216 e. The Morgan fingerprint density at radius 2 is 2.18 bits per heavy atom. The number of carbonyl (C=O) groups excluding carboxylic acids is 1. The van der Waals surface area contributed by atoms with E-state index in [0.717, 1.165) is 25.8 Å². The van der Waals surface area contributed by atoms with Crippen LogP contribution in [0, 0.1) is 0 Å². The van der Waals surface area contributed by atoms with Gasteiger partial charge in [0, 0.05) is 19.0 Å². The molecule has 11 heavy (non-hydrogen) atoms. The van der Waals surface area contributed by atoms with E-state index >= 15 is 0 Å². The molecule has 0 bridgehead atoms. The van der Waals surface area contributed by atoms with Gasteiger partial charge in [0.25, 0.3) is 0 Å². The Kier molecular flexibility index (Phi) is 3.83. The average molecular weight is 179 g/mol. The smallest absolute Gasteiger partial charge is 0.216 e. The van der Waals surface area contributed by atoms with Crippen LogP contribution in [0.3, 0.4) is 0 Å². The van der Waals surface area contributed by atoms with Crippen LogP contribution in [-0.2, 0) is 4.79 Å². The van der Waals surface area contributed by atoms with Crippen molar-refractivity contribution in [2.75, 3.05) is 6.54 Å². The second kappa shape index (κ2) is 3.93. The molecule has 66 valence electrons. The van der Waals surface area contributed by atoms with Crippen molar-refractivity contribution in [3.63, 3.8) is 0 Å². The van der Waals surface area contributed by atoms with E-state index in [0.29, 0.717) is 0 Å². The van der Waals surface area contributed by atoms with Gasteiger partial charge in [-0.05, 0) is 19.3 Å². The van der Waals surface area contributed by atoms with Crippen molar-refractivity contribution in [1.29, 1.82) is 0 Å². The Hall–Kier alpha value is -0.280. The highest BCUT2D eigenvalue weighted by Gasteiger charge is 2.37. The molecule has 1 amide bonds. The van der Waals surface area contributed by atoms with Crippen molar-refractivity contribution in [1.82, 2.24) is 5.32 Å². The first-order valence-corrected chi connectivity index (χ1v) is 3.66. The molecule has 0 saturated heterocycles. The van der Waals surface area contributed by atoms with Crippen LogP contribution < -0.4 is 11.1 Å². The SMILES string of the molecule is CC(=O)NCCC1(N)CC1.Cl. The number of nitrogens with two attached hydrogens (primary N) is 1. The van der Waals surface area contributed by atoms with E-state index in [-0.39, 0.29) is 23.9 Å². The van der Waals surface area contributed by atoms with Gasteiger partial charge in [0.05, 0.1) is 0 Å². The Labute approximate surface area is 73.1 Å². The first-order valence-electron chi connectivity index (χ1n) is 3.66. The van der Waals surface area contributed by atoms with Crippen molar-refractivity contribution in [3.8, 4) is 0 Å². The van der Waals surface area contributed by atoms with Crippen LogP contribution in [0.15, 0.2) is 0 Å². The second-order valence-corrected chi connectivity index (χ2v) is 3.10. The van der Waals surface area contributed by atoms with Gasteiger partial charge in [-0.15, -0.1) is 12.4 Å². The average Bonchev–Trinajstić information content (AvgIpc) is 2.47. The molecule has 0 aromatic carbocycles. The van der Waals surface area contributed by atoms with Crippen molar-refractivity contribution < 1.29 is 4.79 Å². The van der Waals surface area contributed by atoms with Crippen molar-refractivity contribution in [2.24, 2.45) is 5.73 Å². The fourth-order valence-corrected chi connectivity index (χ4v) is 0.898. The van der Waals surface area contributed by atoms with E-state index in [2.05, 4.69) is 5.32 Å². The van der Waals surface area contributed by atoms with Crippen LogP contribution in [0.4, 0.5) is 0 Å². The molecular formula is C7H15ClN2O. The van der Waals surface area contributed by atoms with Gasteiger partial charge in [-0.2, -0.15) is 0 Å². The molecule has 0 heterocycles. The van der Waals surface area contributed by atoms with E-state index in [1.54, 1.807) is 0 Å². The zero-order chi connectivity index (χ0) is 7.61. The first kappa shape index (κ1) is 10.7. The summed E-state index contributed by atoms with van der Waals surface area (Å²) in [5.41, 5.74) is 5.85. The normalized spacial score (nSPS) is 18.4. The van der Waals surface area contributed by atoms with Crippen LogP contribution in [0.25, 0.3) is 0 Å². The predicted molar refractivity (Wildman–Crippen MR) is 46.7 cm³/mol. The van der Waals surface area contributed by atoms with Crippen molar-refractivity contribution in [3.05, 3.63) is 0 Å². The lowest BCUT2D eigenvalue weighted by Gasteiger charge is -2.07. The monoisotopic (exact) mass is 178 g/mol. The lowest BCUT2D eigenvalue weighted by molar-refractivity contribution is -0.118. The van der Waals surface area contributed by atoms with E-state index in [4.69, 9.17) is 5.73 Å². The minimum Gasteiger partial charge on any atom is -0.356 e. The lowest BCUT2D eigenvalue weighted by Crippen LogP contribution is -2.30. The van der Waals surface area contributed by atoms with Crippen molar-refractivity contribution in [2.45, 2.75) is 31.7 Å². The highest BCUT2D eigenvalue weighted by atomic mass is 35.5. The molecule has 4 heteroatoms. The Balaban J connectivity index is 0.000001000. The molecule has 0 radical (unpaired) electrons. The molecule has 0 spiro atoms. The van der Waals surface area contributed by atoms with Crippen LogP contribution >= 0.6 is 12.4 Å². The third-order valence-corrected chi connectivity index (χ3v) is 1.89. The molecule has 0 unspecified atom stereocenters. The predicted octanol–water partition coefficient (Wildman–Crippen LogP) is 0.426. The highest BCUT2D eigenvalue weighted by molar-refractivity contribution is 5.85. The zero-order valence-corrected chi connectivity index (χ0v) is 7.54. The summed E-state index contributed by atoms with van der Waals surface area (Å²) in [7, 11) is 0. The Morgan fingerprint density at radius 3 is 2.55 bits per heavy atom. The second-order valence-electron chi connectivity index (χ2n) is 3.10. The number of halogens is 1. The summed E-state index contributed by atoms with van der Waals surface area (Å²) >= 11 is 0. The zero-order valence-electron chi connectivity index (χ0n) is 6.72. The number of nitrogens with one attached hydrogen (secondary N) is 1. The van der Waals surface area contributed by atoms with Gasteiger partial charge in [-0.1, -0.05) is 0 Å². The molecule has 1 aliphatic rings. The molecule has 1 saturated carbocycles. The van der Waals surface area contributed by atoms with E-state index in [1.165, 1.54) is 6.92 Å². The number of amides is 1. The number of rotatable bonds is 3. The largest absolute Gasteiger partial charge is 0.356 e. The standard InChI is InChI=1S/C7H14N2O.ClH/c1-6(10)9-5-4-7(8)2-3-7;/h2-5,8H2,1H3,(H,9,10);1H. The third kappa shape index (κ3) is 4.22. The molecule has 3 N–H and O–H groups in total. The third-order valence-electron chi connectivity index (χ3n) is 1.89. The van der Waals surface area contributed by atoms with Gasteiger partial charge in [0.1, 0.15) is 0 Å². The fourth-order valence-electron chi connectivity index (χ4n) is 0.898. The molecule has 0 atom stereocenters. The molecular weight excluding hydrogens is 164 g/mol. The summed E-state index contributed by atoms with van der Waals surface area (Å²) < 4.78 is 0. The van der Waals surface area contributed by atoms with Crippen LogP contribution in [0.5, 0.6) is 0 Å². The maximum atomic E-state index is 10.4. The fraction of sp³-hybridized carbons (Fsp3) is 0.857. The van der Waals surface area contributed by atoms with E-state index in [9.17, 15) is 4.79 Å². The minimum atomic E-state index is 0. The summed E-state index contributed by atoms with van der Waals surface area (Å²) in [5.74, 6) is 0.0317. The summed E-state index contributed by atoms with van der Waals surface area (Å²) in [6.07, 6.45) is 3.16. The lowest BCUT2D eigenvalue weighted by atomic mass is 10.2. The maximum absolute atomic E-state index is 10.4. The van der Waals surface area contributed by atoms with Crippen LogP contribution in [0.2, 0.25) is 0 Å². The summed E-state index contributed by atoms with van der Waals surface area (Å²) in [4.78, 5) is 10.4. The van der Waals surface area contributed by atoms with E-state index < -0.39 is 0 Å². The molecule has 3 nitrogen and oxygen atoms in total. The summed E-state index contributed by atoms with van der Waals surface area (Å²) in [5, 5.41) is 2.72. The molecule has 0 aliphatic heterocycles. The summed E-state index contributed by atoms with van der Waals surface area (Å²) in [6, 6.07) is 0. The topological polar surface area (TPSA) is 55.1 Å². The molecule has 1 rings (SSSR count).